The van der Waals surface area contributed by atoms with Crippen molar-refractivity contribution in [2.24, 2.45) is 7.05 Å². The number of pyridine rings is 1. The molecule has 1 amide bonds. The number of aryl methyl sites for hydroxylation is 1. The highest BCUT2D eigenvalue weighted by molar-refractivity contribution is 9.10. The number of amides is 1. The second kappa shape index (κ2) is 6.20. The number of hydrogen-bond acceptors (Lipinski definition) is 3. The number of nitrogens with zero attached hydrogens (tertiary/aromatic N) is 2. The molecule has 5 nitrogen and oxygen atoms in total. The van der Waals surface area contributed by atoms with Gasteiger partial charge in [-0.25, -0.2) is 0 Å². The fourth-order valence-electron chi connectivity index (χ4n) is 2.48. The number of ether oxygens (including phenoxy) is 1. The summed E-state index contributed by atoms with van der Waals surface area (Å²) >= 11 is 3.37. The fourth-order valence-corrected chi connectivity index (χ4v) is 2.88. The molecular formula is C17H17BrN2O3. The Morgan fingerprint density at radius 2 is 2.00 bits per heavy atom. The molecule has 1 aliphatic heterocycles. The van der Waals surface area contributed by atoms with E-state index in [1.165, 1.54) is 6.07 Å². The number of hydrogen-bond donors (Lipinski definition) is 0. The van der Waals surface area contributed by atoms with Crippen LogP contribution in [0, 0.1) is 6.92 Å². The summed E-state index contributed by atoms with van der Waals surface area (Å²) in [6, 6.07) is 10.6. The molecule has 1 saturated heterocycles. The van der Waals surface area contributed by atoms with Gasteiger partial charge in [0.25, 0.3) is 11.5 Å². The van der Waals surface area contributed by atoms with Gasteiger partial charge in [-0.2, -0.15) is 0 Å². The predicted octanol–water partition coefficient (Wildman–Crippen LogP) is 2.36. The first kappa shape index (κ1) is 15.8. The highest BCUT2D eigenvalue weighted by atomic mass is 79.9. The van der Waals surface area contributed by atoms with Crippen LogP contribution in [0.1, 0.15) is 16.1 Å². The molecule has 0 bridgehead atoms. The normalized spacial score (nSPS) is 14.5. The molecule has 23 heavy (non-hydrogen) atoms. The molecule has 1 aromatic carbocycles. The Bertz CT molecular complexity index is 810. The third kappa shape index (κ3) is 3.32. The van der Waals surface area contributed by atoms with Crippen molar-refractivity contribution in [3.63, 3.8) is 0 Å². The molecule has 0 unspecified atom stereocenters. The molecule has 0 atom stereocenters. The Hall–Kier alpha value is -2.08. The lowest BCUT2D eigenvalue weighted by Gasteiger charge is -2.39. The second-order valence-corrected chi connectivity index (χ2v) is 6.61. The standard InChI is InChI=1S/C17H17BrN2O3/c1-11-6-14(8-16(21)19(11)2)23-15-9-20(10-15)17(22)12-4-3-5-13(18)7-12/h3-8,15H,9-10H2,1-2H3. The molecule has 6 heteroatoms. The lowest BCUT2D eigenvalue weighted by atomic mass is 10.1. The molecular weight excluding hydrogens is 360 g/mol. The predicted molar refractivity (Wildman–Crippen MR) is 90.9 cm³/mol. The van der Waals surface area contributed by atoms with Gasteiger partial charge in [0.1, 0.15) is 11.9 Å². The van der Waals surface area contributed by atoms with E-state index in [9.17, 15) is 9.59 Å². The largest absolute Gasteiger partial charge is 0.486 e. The molecule has 3 rings (SSSR count). The average molecular weight is 377 g/mol. The van der Waals surface area contributed by atoms with Gasteiger partial charge in [-0.3, -0.25) is 9.59 Å². The lowest BCUT2D eigenvalue weighted by Crippen LogP contribution is -2.56. The summed E-state index contributed by atoms with van der Waals surface area (Å²) in [5, 5.41) is 0. The molecule has 0 radical (unpaired) electrons. The van der Waals surface area contributed by atoms with Gasteiger partial charge in [0.05, 0.1) is 13.1 Å². The van der Waals surface area contributed by atoms with E-state index in [0.29, 0.717) is 24.4 Å². The SMILES string of the molecule is Cc1cc(OC2CN(C(=O)c3cccc(Br)c3)C2)cc(=O)n1C. The van der Waals surface area contributed by atoms with Crippen LogP contribution in [-0.2, 0) is 7.05 Å². The number of likely N-dealkylation sites (tertiary alicyclic amines) is 1. The molecule has 1 aromatic heterocycles. The molecule has 1 aliphatic rings. The first-order chi connectivity index (χ1) is 10.9. The van der Waals surface area contributed by atoms with Crippen molar-refractivity contribution in [3.05, 3.63) is 62.5 Å². The Balaban J connectivity index is 1.61. The maximum Gasteiger partial charge on any atom is 0.254 e. The van der Waals surface area contributed by atoms with Crippen LogP contribution in [0.3, 0.4) is 0 Å². The van der Waals surface area contributed by atoms with E-state index in [-0.39, 0.29) is 17.6 Å². The van der Waals surface area contributed by atoms with Gasteiger partial charge in [0.2, 0.25) is 0 Å². The molecule has 120 valence electrons. The van der Waals surface area contributed by atoms with Crippen LogP contribution in [-0.4, -0.2) is 34.6 Å². The van der Waals surface area contributed by atoms with Gasteiger partial charge in [0, 0.05) is 28.8 Å². The van der Waals surface area contributed by atoms with E-state index < -0.39 is 0 Å². The van der Waals surface area contributed by atoms with Gasteiger partial charge in [-0.15, -0.1) is 0 Å². The molecule has 1 fully saturated rings. The zero-order valence-corrected chi connectivity index (χ0v) is 14.5. The summed E-state index contributed by atoms with van der Waals surface area (Å²) in [6.07, 6.45) is -0.0717. The van der Waals surface area contributed by atoms with Crippen LogP contribution in [0.15, 0.2) is 45.7 Å². The van der Waals surface area contributed by atoms with Crippen LogP contribution in [0.2, 0.25) is 0 Å². The van der Waals surface area contributed by atoms with Crippen molar-refractivity contribution >= 4 is 21.8 Å². The van der Waals surface area contributed by atoms with Crippen molar-refractivity contribution in [2.75, 3.05) is 13.1 Å². The van der Waals surface area contributed by atoms with E-state index >= 15 is 0 Å². The smallest absolute Gasteiger partial charge is 0.254 e. The van der Waals surface area contributed by atoms with Gasteiger partial charge >= 0.3 is 0 Å². The number of carbonyl (C=O) groups is 1. The van der Waals surface area contributed by atoms with E-state index in [1.54, 1.807) is 28.6 Å². The van der Waals surface area contributed by atoms with Gasteiger partial charge in [-0.05, 0) is 31.2 Å². The molecule has 2 heterocycles. The van der Waals surface area contributed by atoms with Crippen LogP contribution in [0.25, 0.3) is 0 Å². The molecule has 0 spiro atoms. The number of halogens is 1. The molecule has 2 aromatic rings. The number of aromatic nitrogens is 1. The maximum absolute atomic E-state index is 12.3. The van der Waals surface area contributed by atoms with E-state index in [2.05, 4.69) is 15.9 Å². The summed E-state index contributed by atoms with van der Waals surface area (Å²) in [7, 11) is 1.73. The summed E-state index contributed by atoms with van der Waals surface area (Å²) in [6.45, 7) is 2.91. The van der Waals surface area contributed by atoms with Crippen molar-refractivity contribution in [1.82, 2.24) is 9.47 Å². The van der Waals surface area contributed by atoms with Crippen molar-refractivity contribution < 1.29 is 9.53 Å². The highest BCUT2D eigenvalue weighted by Crippen LogP contribution is 2.21. The third-order valence-corrected chi connectivity index (χ3v) is 4.48. The minimum atomic E-state index is -0.0959. The summed E-state index contributed by atoms with van der Waals surface area (Å²) in [5.74, 6) is 0.552. The summed E-state index contributed by atoms with van der Waals surface area (Å²) < 4.78 is 8.24. The molecule has 0 saturated carbocycles. The average Bonchev–Trinajstić information content (AvgIpc) is 2.47. The maximum atomic E-state index is 12.3. The molecule has 0 aliphatic carbocycles. The molecule has 0 N–H and O–H groups in total. The van der Waals surface area contributed by atoms with Gasteiger partial charge < -0.3 is 14.2 Å². The van der Waals surface area contributed by atoms with E-state index in [1.807, 2.05) is 25.1 Å². The Morgan fingerprint density at radius 1 is 1.26 bits per heavy atom. The quantitative estimate of drug-likeness (QED) is 0.825. The second-order valence-electron chi connectivity index (χ2n) is 5.69. The number of benzene rings is 1. The van der Waals surface area contributed by atoms with Crippen LogP contribution < -0.4 is 10.3 Å². The first-order valence-corrected chi connectivity index (χ1v) is 8.12. The first-order valence-electron chi connectivity index (χ1n) is 7.33. The van der Waals surface area contributed by atoms with Gasteiger partial charge in [-0.1, -0.05) is 22.0 Å². The van der Waals surface area contributed by atoms with E-state index in [4.69, 9.17) is 4.74 Å². The van der Waals surface area contributed by atoms with Crippen molar-refractivity contribution in [1.29, 1.82) is 0 Å². The zero-order chi connectivity index (χ0) is 16.6. The highest BCUT2D eigenvalue weighted by Gasteiger charge is 2.33. The Kier molecular flexibility index (Phi) is 4.26. The summed E-state index contributed by atoms with van der Waals surface area (Å²) in [5.41, 5.74) is 1.40. The lowest BCUT2D eigenvalue weighted by molar-refractivity contribution is 0.0176. The minimum Gasteiger partial charge on any atom is -0.486 e. The van der Waals surface area contributed by atoms with Crippen LogP contribution in [0.4, 0.5) is 0 Å². The Morgan fingerprint density at radius 3 is 2.65 bits per heavy atom. The topological polar surface area (TPSA) is 51.5 Å². The summed E-state index contributed by atoms with van der Waals surface area (Å²) in [4.78, 5) is 25.8. The van der Waals surface area contributed by atoms with Crippen LogP contribution >= 0.6 is 15.9 Å². The number of carbonyl (C=O) groups excluding carboxylic acids is 1. The van der Waals surface area contributed by atoms with Crippen molar-refractivity contribution in [2.45, 2.75) is 13.0 Å². The third-order valence-electron chi connectivity index (χ3n) is 3.99. The number of rotatable bonds is 3. The van der Waals surface area contributed by atoms with Gasteiger partial charge in [0.15, 0.2) is 0 Å². The van der Waals surface area contributed by atoms with Crippen molar-refractivity contribution in [3.8, 4) is 5.75 Å². The monoisotopic (exact) mass is 376 g/mol. The van der Waals surface area contributed by atoms with E-state index in [0.717, 1.165) is 10.2 Å². The minimum absolute atomic E-state index is 0.00805. The zero-order valence-electron chi connectivity index (χ0n) is 13.0. The Labute approximate surface area is 142 Å². The van der Waals surface area contributed by atoms with Crippen LogP contribution in [0.5, 0.6) is 5.75 Å². The fraction of sp³-hybridized carbons (Fsp3) is 0.294.